The molecule has 0 aromatic carbocycles. The average Bonchev–Trinajstić information content (AvgIpc) is 3.74. The molecule has 1 amide bonds. The largest absolute Gasteiger partial charge is 0.481 e. The van der Waals surface area contributed by atoms with Crippen molar-refractivity contribution in [2.75, 3.05) is 20.2 Å². The van der Waals surface area contributed by atoms with Crippen LogP contribution in [0.2, 0.25) is 0 Å². The van der Waals surface area contributed by atoms with Crippen molar-refractivity contribution in [1.82, 2.24) is 25.3 Å². The molecule has 3 aromatic rings. The van der Waals surface area contributed by atoms with E-state index in [-0.39, 0.29) is 50.1 Å². The minimum Gasteiger partial charge on any atom is -0.481 e. The highest BCUT2D eigenvalue weighted by Crippen LogP contribution is 2.43. The Morgan fingerprint density at radius 3 is 2.42 bits per heavy atom. The molecule has 0 fully saturated rings. The molecule has 5 rings (SSSR count). The lowest BCUT2D eigenvalue weighted by Crippen LogP contribution is -2.29. The average molecular weight is 653 g/mol. The third-order valence-electron chi connectivity index (χ3n) is 9.61. The molecular weight excluding hydrogens is 608 g/mol. The number of carboxylic acids is 1. The molecule has 0 aliphatic carbocycles. The van der Waals surface area contributed by atoms with Crippen LogP contribution in [0.3, 0.4) is 0 Å². The van der Waals surface area contributed by atoms with E-state index in [4.69, 9.17) is 20.4 Å². The number of fused-ring (bicyclic) bond motifs is 8. The number of nitrogens with one attached hydrogen (secondary N) is 3. The first-order valence-corrected chi connectivity index (χ1v) is 16.3. The SMILES string of the molecule is C=Cc1c(C)c2cc3nc(c(CC(=O)OC)c4[nH]c(cc5nc(cc1[nH]2)C(C)=C5CC)c(C)c4C(=O)NCCN)[C@@H](CCC(=O)O)[C@@H]3C. The monoisotopic (exact) mass is 652 g/mol. The maximum absolute atomic E-state index is 13.8. The van der Waals surface area contributed by atoms with E-state index in [1.165, 1.54) is 7.11 Å². The number of hydrogen-bond donors (Lipinski definition) is 5. The van der Waals surface area contributed by atoms with E-state index >= 15 is 0 Å². The summed E-state index contributed by atoms with van der Waals surface area (Å²) in [5, 5.41) is 12.6. The number of carboxylic acid groups (broad SMARTS) is 1. The van der Waals surface area contributed by atoms with Crippen LogP contribution in [0, 0.1) is 13.8 Å². The van der Waals surface area contributed by atoms with Crippen LogP contribution < -0.4 is 11.1 Å². The molecule has 48 heavy (non-hydrogen) atoms. The number of hydrogen-bond acceptors (Lipinski definition) is 7. The second-order valence-electron chi connectivity index (χ2n) is 12.4. The molecule has 252 valence electrons. The molecule has 5 heterocycles. The molecule has 11 heteroatoms. The molecule has 0 spiro atoms. The maximum atomic E-state index is 13.8. The van der Waals surface area contributed by atoms with Gasteiger partial charge < -0.3 is 30.9 Å². The van der Waals surface area contributed by atoms with Gasteiger partial charge in [-0.25, -0.2) is 4.98 Å². The number of aliphatic carboxylic acids is 1. The zero-order valence-corrected chi connectivity index (χ0v) is 28.5. The molecule has 0 saturated carbocycles. The van der Waals surface area contributed by atoms with Crippen LogP contribution in [-0.2, 0) is 20.7 Å². The third kappa shape index (κ3) is 6.29. The number of carbonyl (C=O) groups is 3. The number of nitrogens with two attached hydrogens (primary N) is 1. The molecular formula is C37H44N6O5. The van der Waals surface area contributed by atoms with E-state index in [1.54, 1.807) is 0 Å². The van der Waals surface area contributed by atoms with Crippen molar-refractivity contribution in [3.8, 4) is 0 Å². The molecule has 2 aliphatic heterocycles. The van der Waals surface area contributed by atoms with E-state index in [9.17, 15) is 19.5 Å². The van der Waals surface area contributed by atoms with Gasteiger partial charge in [0.2, 0.25) is 0 Å². The Morgan fingerprint density at radius 2 is 1.77 bits per heavy atom. The number of esters is 1. The van der Waals surface area contributed by atoms with Crippen LogP contribution in [-0.4, -0.2) is 63.1 Å². The van der Waals surface area contributed by atoms with E-state index in [1.807, 2.05) is 45.0 Å². The zero-order valence-electron chi connectivity index (χ0n) is 28.5. The van der Waals surface area contributed by atoms with Gasteiger partial charge in [0.15, 0.2) is 0 Å². The van der Waals surface area contributed by atoms with Crippen molar-refractivity contribution >= 4 is 57.1 Å². The fourth-order valence-corrected chi connectivity index (χ4v) is 6.88. The number of aryl methyl sites for hydroxylation is 2. The summed E-state index contributed by atoms with van der Waals surface area (Å²) in [7, 11) is 1.31. The second kappa shape index (κ2) is 14.0. The van der Waals surface area contributed by atoms with Crippen molar-refractivity contribution in [2.24, 2.45) is 5.73 Å². The third-order valence-corrected chi connectivity index (χ3v) is 9.61. The van der Waals surface area contributed by atoms with Crippen LogP contribution in [0.25, 0.3) is 39.3 Å². The first-order chi connectivity index (χ1) is 22.9. The smallest absolute Gasteiger partial charge is 0.310 e. The van der Waals surface area contributed by atoms with Crippen molar-refractivity contribution in [3.63, 3.8) is 0 Å². The number of nitrogens with zero attached hydrogens (tertiary/aromatic N) is 2. The number of amides is 1. The Bertz CT molecular complexity index is 2020. The second-order valence-corrected chi connectivity index (χ2v) is 12.4. The maximum Gasteiger partial charge on any atom is 0.310 e. The first-order valence-electron chi connectivity index (χ1n) is 16.3. The van der Waals surface area contributed by atoms with Crippen molar-refractivity contribution < 1.29 is 24.2 Å². The Morgan fingerprint density at radius 1 is 1.06 bits per heavy atom. The van der Waals surface area contributed by atoms with Gasteiger partial charge in [0.05, 0.1) is 41.7 Å². The van der Waals surface area contributed by atoms with Crippen LogP contribution in [0.4, 0.5) is 0 Å². The highest BCUT2D eigenvalue weighted by atomic mass is 16.5. The normalized spacial score (nSPS) is 15.8. The van der Waals surface area contributed by atoms with E-state index in [0.29, 0.717) is 33.4 Å². The number of methoxy groups -OCH3 is 1. The van der Waals surface area contributed by atoms with Gasteiger partial charge in [-0.05, 0) is 74.1 Å². The fraction of sp³-hybridized carbons (Fsp3) is 0.378. The summed E-state index contributed by atoms with van der Waals surface area (Å²) in [5.41, 5.74) is 17.0. The van der Waals surface area contributed by atoms with E-state index in [2.05, 4.69) is 35.7 Å². The summed E-state index contributed by atoms with van der Waals surface area (Å²) in [6.07, 6.45) is 2.57. The van der Waals surface area contributed by atoms with Crippen LogP contribution in [0.15, 0.2) is 24.8 Å². The highest BCUT2D eigenvalue weighted by Gasteiger charge is 2.33. The molecule has 3 aromatic heterocycles. The molecule has 2 atom stereocenters. The minimum atomic E-state index is -0.930. The molecule has 0 radical (unpaired) electrons. The molecule has 8 bridgehead atoms. The molecule has 0 unspecified atom stereocenters. The molecule has 0 saturated heterocycles. The standard InChI is InChI=1S/C37H44N6O5/c1-8-22-18(3)26-15-28-20(5)24(10-11-32(44)45)35(42-28)25(14-33(46)48-7)36-34(37(47)39-13-12-38)21(6)29(43-36)17-31-23(9-2)19(4)27(41-31)16-30(22)40-26/h8,15-17,20,24,40,43H,1,9-14,38H2,2-7H3,(H,39,47)(H,44,45)/t20-,24-/m0/s1. The summed E-state index contributed by atoms with van der Waals surface area (Å²) in [5.74, 6) is -2.35. The number of carbonyl (C=O) groups excluding carboxylic acids is 2. The van der Waals surface area contributed by atoms with Gasteiger partial charge in [0.1, 0.15) is 0 Å². The van der Waals surface area contributed by atoms with Gasteiger partial charge in [0, 0.05) is 64.7 Å². The Hall–Kier alpha value is -5.03. The summed E-state index contributed by atoms with van der Waals surface area (Å²) < 4.78 is 5.14. The van der Waals surface area contributed by atoms with E-state index < -0.39 is 11.9 Å². The lowest BCUT2D eigenvalue weighted by atomic mass is 9.85. The summed E-state index contributed by atoms with van der Waals surface area (Å²) in [6.45, 7) is 14.6. The number of H-pyrrole nitrogens is 2. The highest BCUT2D eigenvalue weighted by molar-refractivity contribution is 6.06. The summed E-state index contributed by atoms with van der Waals surface area (Å²) in [4.78, 5) is 55.9. The Kier molecular flexibility index (Phi) is 10.00. The number of rotatable bonds is 10. The molecule has 2 aliphatic rings. The van der Waals surface area contributed by atoms with Crippen LogP contribution in [0.1, 0.15) is 107 Å². The Labute approximate surface area is 279 Å². The lowest BCUT2D eigenvalue weighted by Gasteiger charge is -2.17. The summed E-state index contributed by atoms with van der Waals surface area (Å²) in [6, 6.07) is 5.96. The Balaban J connectivity index is 2.03. The summed E-state index contributed by atoms with van der Waals surface area (Å²) >= 11 is 0. The van der Waals surface area contributed by atoms with Crippen LogP contribution >= 0.6 is 0 Å². The predicted molar refractivity (Wildman–Crippen MR) is 188 cm³/mol. The molecule has 11 nitrogen and oxygen atoms in total. The van der Waals surface area contributed by atoms with Crippen molar-refractivity contribution in [2.45, 2.75) is 72.1 Å². The number of aromatic nitrogens is 4. The van der Waals surface area contributed by atoms with Gasteiger partial charge >= 0.3 is 11.9 Å². The van der Waals surface area contributed by atoms with Gasteiger partial charge in [-0.15, -0.1) is 0 Å². The zero-order chi connectivity index (χ0) is 34.9. The number of allylic oxidation sites excluding steroid dienone is 2. The van der Waals surface area contributed by atoms with Gasteiger partial charge in [0.25, 0.3) is 5.91 Å². The van der Waals surface area contributed by atoms with Crippen LogP contribution in [0.5, 0.6) is 0 Å². The van der Waals surface area contributed by atoms with Crippen molar-refractivity contribution in [1.29, 1.82) is 0 Å². The first kappa shape index (κ1) is 34.3. The van der Waals surface area contributed by atoms with Gasteiger partial charge in [-0.2, -0.15) is 0 Å². The number of aromatic amines is 2. The van der Waals surface area contributed by atoms with Gasteiger partial charge in [-0.1, -0.05) is 26.5 Å². The lowest BCUT2D eigenvalue weighted by molar-refractivity contribution is -0.140. The quantitative estimate of drug-likeness (QED) is 0.164. The number of ether oxygens (including phenoxy) is 1. The van der Waals surface area contributed by atoms with E-state index in [0.717, 1.165) is 56.8 Å². The molecule has 6 N–H and O–H groups in total. The topological polar surface area (TPSA) is 176 Å². The minimum absolute atomic E-state index is 0.0927. The van der Waals surface area contributed by atoms with Crippen molar-refractivity contribution in [3.05, 3.63) is 75.4 Å². The fourth-order valence-electron chi connectivity index (χ4n) is 6.88. The van der Waals surface area contributed by atoms with Gasteiger partial charge in [-0.3, -0.25) is 19.4 Å². The predicted octanol–water partition coefficient (Wildman–Crippen LogP) is 6.07.